The van der Waals surface area contributed by atoms with Gasteiger partial charge in [0.05, 0.1) is 22.0 Å². The Bertz CT molecular complexity index is 2290. The van der Waals surface area contributed by atoms with Gasteiger partial charge in [0.15, 0.2) is 4.80 Å². The highest BCUT2D eigenvalue weighted by Crippen LogP contribution is 2.41. The Morgan fingerprint density at radius 3 is 2.53 bits per heavy atom. The van der Waals surface area contributed by atoms with Crippen LogP contribution in [0.5, 0.6) is 0 Å². The van der Waals surface area contributed by atoms with Crippen molar-refractivity contribution in [3.05, 3.63) is 154 Å². The second-order valence-electron chi connectivity index (χ2n) is 11.4. The Balaban J connectivity index is 1.41. The second-order valence-corrected chi connectivity index (χ2v) is 13.4. The zero-order chi connectivity index (χ0) is 29.2. The van der Waals surface area contributed by atoms with Crippen molar-refractivity contribution in [2.45, 2.75) is 32.7 Å². The van der Waals surface area contributed by atoms with Gasteiger partial charge in [-0.15, -0.1) is 0 Å². The van der Waals surface area contributed by atoms with Crippen LogP contribution in [0, 0.1) is 13.8 Å². The first-order valence-corrected chi connectivity index (χ1v) is 16.1. The molecule has 1 aliphatic heterocycles. The predicted molar refractivity (Wildman–Crippen MR) is 180 cm³/mol. The van der Waals surface area contributed by atoms with E-state index >= 15 is 0 Å². The first-order valence-electron chi connectivity index (χ1n) is 14.5. The number of halogens is 1. The van der Waals surface area contributed by atoms with Gasteiger partial charge in [-0.05, 0) is 78.8 Å². The first-order chi connectivity index (χ1) is 21.0. The van der Waals surface area contributed by atoms with Crippen LogP contribution in [0.15, 0.2) is 111 Å². The third kappa shape index (κ3) is 4.31. The van der Waals surface area contributed by atoms with Crippen LogP contribution in [0.1, 0.15) is 45.8 Å². The molecule has 0 fully saturated rings. The van der Waals surface area contributed by atoms with Crippen LogP contribution in [0.2, 0.25) is 0 Å². The Kier molecular flexibility index (Phi) is 6.24. The number of benzene rings is 4. The van der Waals surface area contributed by atoms with Crippen molar-refractivity contribution in [3.8, 4) is 11.3 Å². The quantitative estimate of drug-likeness (QED) is 0.210. The molecular formula is C37H28BrN3OS. The molecule has 6 heteroatoms. The van der Waals surface area contributed by atoms with E-state index in [1.54, 1.807) is 0 Å². The molecule has 1 atom stereocenters. The number of fused-ring (bicyclic) bond motifs is 4. The van der Waals surface area contributed by atoms with Gasteiger partial charge >= 0.3 is 0 Å². The lowest BCUT2D eigenvalue weighted by atomic mass is 9.83. The number of allylic oxidation sites excluding steroid dienone is 1. The minimum Gasteiger partial charge on any atom is -0.354 e. The molecule has 2 aliphatic rings. The normalized spacial score (nSPS) is 16.2. The van der Waals surface area contributed by atoms with Crippen LogP contribution in [0.3, 0.4) is 0 Å². The standard InChI is InChI=1S/C37H28BrN3OS/c1-21-18-22(2)32-29(19-21)30(33(39-32)24-9-4-3-5-10-24)20-31-36(42)41-35(25-12-15-26(38)16-13-25)28-17-14-23-8-6-7-11-27(23)34(28)40-37(41)43-31/h3-13,15-16,18-20,35,39H,14,17H2,1-2H3/b31-20+/t35-/m1/s1. The van der Waals surface area contributed by atoms with Crippen LogP contribution >= 0.6 is 27.3 Å². The van der Waals surface area contributed by atoms with E-state index in [9.17, 15) is 4.79 Å². The van der Waals surface area contributed by atoms with Crippen molar-refractivity contribution in [3.63, 3.8) is 0 Å². The number of aryl methyl sites for hydroxylation is 3. The number of nitrogens with one attached hydrogen (secondary N) is 1. The number of aromatic nitrogens is 2. The molecule has 4 nitrogen and oxygen atoms in total. The van der Waals surface area contributed by atoms with Crippen LogP contribution in [0.25, 0.3) is 33.9 Å². The fourth-order valence-corrected chi connectivity index (χ4v) is 8.00. The highest BCUT2D eigenvalue weighted by Gasteiger charge is 2.32. The predicted octanol–water partition coefficient (Wildman–Crippen LogP) is 7.85. The second kappa shape index (κ2) is 10.2. The molecule has 0 amide bonds. The zero-order valence-electron chi connectivity index (χ0n) is 23.8. The van der Waals surface area contributed by atoms with Crippen LogP contribution < -0.4 is 14.9 Å². The molecular weight excluding hydrogens is 614 g/mol. The molecule has 210 valence electrons. The summed E-state index contributed by atoms with van der Waals surface area (Å²) >= 11 is 5.08. The Labute approximate surface area is 261 Å². The van der Waals surface area contributed by atoms with Crippen molar-refractivity contribution in [2.24, 2.45) is 4.99 Å². The SMILES string of the molecule is Cc1cc(C)c2[nH]c(-c3ccccc3)c(/C=c3/sc4n(c3=O)[C@H](c3ccc(Br)cc3)C3=C(N=4)c4ccccc4CC3)c2c1. The van der Waals surface area contributed by atoms with Gasteiger partial charge < -0.3 is 4.98 Å². The van der Waals surface area contributed by atoms with Crippen molar-refractivity contribution in [1.82, 2.24) is 9.55 Å². The topological polar surface area (TPSA) is 50.1 Å². The van der Waals surface area contributed by atoms with Crippen molar-refractivity contribution >= 4 is 49.9 Å². The summed E-state index contributed by atoms with van der Waals surface area (Å²) in [6.45, 7) is 4.26. The Hall–Kier alpha value is -4.26. The average molecular weight is 643 g/mol. The van der Waals surface area contributed by atoms with Gasteiger partial charge in [0.1, 0.15) is 0 Å². The fourth-order valence-electron chi connectivity index (χ4n) is 6.75. The van der Waals surface area contributed by atoms with Gasteiger partial charge in [-0.3, -0.25) is 9.36 Å². The minimum absolute atomic E-state index is 0.000172. The molecule has 6 aromatic rings. The summed E-state index contributed by atoms with van der Waals surface area (Å²) in [4.78, 5) is 24.1. The van der Waals surface area contributed by atoms with Crippen LogP contribution in [0.4, 0.5) is 0 Å². The molecule has 43 heavy (non-hydrogen) atoms. The Morgan fingerprint density at radius 1 is 0.953 bits per heavy atom. The number of nitrogens with zero attached hydrogens (tertiary/aromatic N) is 2. The maximum Gasteiger partial charge on any atom is 0.271 e. The molecule has 0 spiro atoms. The van der Waals surface area contributed by atoms with E-state index < -0.39 is 0 Å². The van der Waals surface area contributed by atoms with Gasteiger partial charge in [-0.1, -0.05) is 106 Å². The lowest BCUT2D eigenvalue weighted by Gasteiger charge is -2.30. The number of rotatable bonds is 3. The highest BCUT2D eigenvalue weighted by molar-refractivity contribution is 9.10. The third-order valence-corrected chi connectivity index (χ3v) is 10.2. The largest absolute Gasteiger partial charge is 0.354 e. The summed E-state index contributed by atoms with van der Waals surface area (Å²) in [5, 5.41) is 1.12. The molecule has 0 bridgehead atoms. The molecule has 0 unspecified atom stereocenters. The highest BCUT2D eigenvalue weighted by atomic mass is 79.9. The fraction of sp³-hybridized carbons (Fsp3) is 0.135. The molecule has 2 aromatic heterocycles. The van der Waals surface area contributed by atoms with Gasteiger partial charge in [0.25, 0.3) is 5.56 Å². The number of aromatic amines is 1. The lowest BCUT2D eigenvalue weighted by Crippen LogP contribution is -2.38. The molecule has 3 heterocycles. The smallest absolute Gasteiger partial charge is 0.271 e. The van der Waals surface area contributed by atoms with E-state index in [0.717, 1.165) is 61.1 Å². The zero-order valence-corrected chi connectivity index (χ0v) is 26.2. The average Bonchev–Trinajstić information content (AvgIpc) is 3.54. The maximum atomic E-state index is 14.5. The van der Waals surface area contributed by atoms with E-state index in [1.165, 1.54) is 39.2 Å². The van der Waals surface area contributed by atoms with Gasteiger partial charge in [-0.25, -0.2) is 4.99 Å². The van der Waals surface area contributed by atoms with E-state index in [2.05, 4.69) is 126 Å². The number of H-pyrrole nitrogens is 1. The number of hydrogen-bond donors (Lipinski definition) is 1. The van der Waals surface area contributed by atoms with E-state index in [-0.39, 0.29) is 11.6 Å². The van der Waals surface area contributed by atoms with Crippen molar-refractivity contribution < 1.29 is 0 Å². The lowest BCUT2D eigenvalue weighted by molar-refractivity contribution is 0.585. The summed E-state index contributed by atoms with van der Waals surface area (Å²) in [6, 6.07) is 31.5. The van der Waals surface area contributed by atoms with Gasteiger partial charge in [-0.2, -0.15) is 0 Å². The molecule has 4 aromatic carbocycles. The molecule has 1 aliphatic carbocycles. The summed E-state index contributed by atoms with van der Waals surface area (Å²) in [5.74, 6) is 0. The number of thiazole rings is 1. The molecule has 0 radical (unpaired) electrons. The first kappa shape index (κ1) is 26.4. The van der Waals surface area contributed by atoms with Gasteiger partial charge in [0, 0.05) is 26.5 Å². The minimum atomic E-state index is -0.198. The van der Waals surface area contributed by atoms with E-state index in [0.29, 0.717) is 4.53 Å². The molecule has 0 saturated carbocycles. The summed E-state index contributed by atoms with van der Waals surface area (Å²) in [5.41, 5.74) is 12.5. The molecule has 1 N–H and O–H groups in total. The Morgan fingerprint density at radius 2 is 1.72 bits per heavy atom. The summed E-state index contributed by atoms with van der Waals surface area (Å²) in [7, 11) is 0. The number of hydrogen-bond acceptors (Lipinski definition) is 3. The summed E-state index contributed by atoms with van der Waals surface area (Å²) in [6.07, 6.45) is 3.90. The summed E-state index contributed by atoms with van der Waals surface area (Å²) < 4.78 is 3.64. The van der Waals surface area contributed by atoms with E-state index in [1.807, 2.05) is 10.6 Å². The van der Waals surface area contributed by atoms with E-state index in [4.69, 9.17) is 4.99 Å². The van der Waals surface area contributed by atoms with Crippen LogP contribution in [-0.4, -0.2) is 9.55 Å². The van der Waals surface area contributed by atoms with Gasteiger partial charge in [0.2, 0.25) is 0 Å². The third-order valence-electron chi connectivity index (χ3n) is 8.69. The maximum absolute atomic E-state index is 14.5. The molecule has 8 rings (SSSR count). The molecule has 0 saturated heterocycles. The van der Waals surface area contributed by atoms with Crippen molar-refractivity contribution in [1.29, 1.82) is 0 Å². The van der Waals surface area contributed by atoms with Crippen LogP contribution in [-0.2, 0) is 6.42 Å². The monoisotopic (exact) mass is 641 g/mol. The van der Waals surface area contributed by atoms with Crippen molar-refractivity contribution in [2.75, 3.05) is 0 Å².